The van der Waals surface area contributed by atoms with Crippen LogP contribution in [0.25, 0.3) is 0 Å². The van der Waals surface area contributed by atoms with Gasteiger partial charge in [-0.25, -0.2) is 5.08 Å². The van der Waals surface area contributed by atoms with E-state index in [0.717, 1.165) is 11.5 Å². The van der Waals surface area contributed by atoms with Crippen molar-refractivity contribution in [3.8, 4) is 0 Å². The summed E-state index contributed by atoms with van der Waals surface area (Å²) in [6.07, 6.45) is 0. The summed E-state index contributed by atoms with van der Waals surface area (Å²) in [5.41, 5.74) is 5.89. The van der Waals surface area contributed by atoms with Crippen molar-refractivity contribution in [3.05, 3.63) is 39.5 Å². The summed E-state index contributed by atoms with van der Waals surface area (Å²) >= 11 is 3.82. The van der Waals surface area contributed by atoms with Gasteiger partial charge in [-0.05, 0) is 47.6 Å². The predicted octanol–water partition coefficient (Wildman–Crippen LogP) is 0.907. The molecule has 2 rings (SSSR count). The van der Waals surface area contributed by atoms with E-state index in [2.05, 4.69) is 31.1 Å². The summed E-state index contributed by atoms with van der Waals surface area (Å²) in [5, 5.41) is 2.25. The van der Waals surface area contributed by atoms with Gasteiger partial charge in [0.15, 0.2) is 0 Å². The van der Waals surface area contributed by atoms with Crippen LogP contribution in [0.4, 0.5) is 0 Å². The molecule has 0 aromatic heterocycles. The standard InChI is InChI=1S/C11H13S2.Li/c1-8-3-10-5-12-7-13-6-11(10)4-9(8)2;/h3-4,7H,5-6H2,1-2H3;/q-1;+1. The number of benzene rings is 1. The Morgan fingerprint density at radius 2 is 1.43 bits per heavy atom. The van der Waals surface area contributed by atoms with E-state index in [9.17, 15) is 0 Å². The van der Waals surface area contributed by atoms with Gasteiger partial charge in [-0.1, -0.05) is 12.1 Å². The molecule has 14 heavy (non-hydrogen) atoms. The number of hydrogen-bond acceptors (Lipinski definition) is 2. The van der Waals surface area contributed by atoms with Gasteiger partial charge in [0.25, 0.3) is 0 Å². The molecule has 0 spiro atoms. The Morgan fingerprint density at radius 3 is 1.86 bits per heavy atom. The first-order valence-corrected chi connectivity index (χ1v) is 6.51. The molecule has 0 nitrogen and oxygen atoms in total. The molecule has 0 N–H and O–H groups in total. The van der Waals surface area contributed by atoms with Crippen molar-refractivity contribution in [2.45, 2.75) is 25.4 Å². The normalized spacial score (nSPS) is 15.3. The van der Waals surface area contributed by atoms with Crippen LogP contribution in [0, 0.1) is 18.9 Å². The molecule has 0 saturated carbocycles. The molecule has 1 aliphatic heterocycles. The molecule has 0 radical (unpaired) electrons. The molecule has 1 heterocycles. The second-order valence-corrected chi connectivity index (χ2v) is 5.44. The van der Waals surface area contributed by atoms with E-state index in [1.54, 1.807) is 0 Å². The topological polar surface area (TPSA) is 0 Å². The summed E-state index contributed by atoms with van der Waals surface area (Å²) in [6.45, 7) is 4.39. The zero-order chi connectivity index (χ0) is 9.26. The third-order valence-electron chi connectivity index (χ3n) is 2.43. The Bertz CT molecular complexity index is 292. The van der Waals surface area contributed by atoms with Crippen molar-refractivity contribution >= 4 is 23.5 Å². The van der Waals surface area contributed by atoms with Crippen molar-refractivity contribution < 1.29 is 18.9 Å². The SMILES string of the molecule is Cc1cc2c(cc1C)CS[CH-]SC2.[Li+]. The molecule has 0 unspecified atom stereocenters. The minimum Gasteiger partial charge on any atom is -0.336 e. The van der Waals surface area contributed by atoms with Crippen LogP contribution in [0.5, 0.6) is 0 Å². The number of rotatable bonds is 0. The van der Waals surface area contributed by atoms with E-state index < -0.39 is 0 Å². The Kier molecular flexibility index (Phi) is 5.00. The Hall–Kier alpha value is 0.517. The van der Waals surface area contributed by atoms with Gasteiger partial charge in [-0.3, -0.25) is 0 Å². The first-order chi connectivity index (χ1) is 6.27. The summed E-state index contributed by atoms with van der Waals surface area (Å²) < 4.78 is 0. The Labute approximate surface area is 107 Å². The molecule has 0 aliphatic carbocycles. The largest absolute Gasteiger partial charge is 1.00 e. The third-order valence-corrected chi connectivity index (χ3v) is 4.47. The van der Waals surface area contributed by atoms with Gasteiger partial charge in [-0.2, -0.15) is 0 Å². The first kappa shape index (κ1) is 12.6. The number of aryl methyl sites for hydroxylation is 2. The first-order valence-electron chi connectivity index (χ1n) is 4.41. The van der Waals surface area contributed by atoms with Gasteiger partial charge >= 0.3 is 18.9 Å². The minimum atomic E-state index is 0. The molecule has 0 saturated heterocycles. The van der Waals surface area contributed by atoms with Gasteiger partial charge in [0.05, 0.1) is 0 Å². The van der Waals surface area contributed by atoms with Gasteiger partial charge in [0.2, 0.25) is 0 Å². The average molecular weight is 216 g/mol. The monoisotopic (exact) mass is 216 g/mol. The molecule has 1 aromatic rings. The fourth-order valence-corrected chi connectivity index (χ4v) is 3.33. The number of hydrogen-bond donors (Lipinski definition) is 0. The molecule has 3 heteroatoms. The van der Waals surface area contributed by atoms with Crippen molar-refractivity contribution in [2.24, 2.45) is 0 Å². The molecular formula is C11H13LiS2. The smallest absolute Gasteiger partial charge is 0.336 e. The van der Waals surface area contributed by atoms with Crippen LogP contribution in [-0.4, -0.2) is 0 Å². The van der Waals surface area contributed by atoms with Crippen molar-refractivity contribution in [1.29, 1.82) is 0 Å². The summed E-state index contributed by atoms with van der Waals surface area (Å²) in [7, 11) is 0. The van der Waals surface area contributed by atoms with Crippen molar-refractivity contribution in [2.75, 3.05) is 0 Å². The average Bonchev–Trinajstić information content (AvgIpc) is 2.31. The molecule has 0 fully saturated rings. The molecule has 0 bridgehead atoms. The second kappa shape index (κ2) is 5.56. The number of thioether (sulfide) groups is 2. The minimum absolute atomic E-state index is 0. The van der Waals surface area contributed by atoms with Crippen LogP contribution in [0.1, 0.15) is 22.3 Å². The summed E-state index contributed by atoms with van der Waals surface area (Å²) in [5.74, 6) is 2.28. The van der Waals surface area contributed by atoms with Gasteiger partial charge < -0.3 is 23.5 Å². The molecule has 1 aliphatic rings. The fraction of sp³-hybridized carbons (Fsp3) is 0.364. The second-order valence-electron chi connectivity index (χ2n) is 3.42. The maximum atomic E-state index is 2.34. The van der Waals surface area contributed by atoms with E-state index in [4.69, 9.17) is 0 Å². The summed E-state index contributed by atoms with van der Waals surface area (Å²) in [6, 6.07) is 4.69. The molecule has 70 valence electrons. The van der Waals surface area contributed by atoms with E-state index in [1.807, 2.05) is 23.5 Å². The van der Waals surface area contributed by atoms with E-state index in [-0.39, 0.29) is 18.9 Å². The Morgan fingerprint density at radius 1 is 1.00 bits per heavy atom. The number of fused-ring (bicyclic) bond motifs is 1. The van der Waals surface area contributed by atoms with E-state index in [1.165, 1.54) is 22.3 Å². The van der Waals surface area contributed by atoms with Gasteiger partial charge in [0.1, 0.15) is 0 Å². The van der Waals surface area contributed by atoms with E-state index >= 15 is 0 Å². The molecular weight excluding hydrogens is 203 g/mol. The zero-order valence-electron chi connectivity index (χ0n) is 8.96. The van der Waals surface area contributed by atoms with Crippen LogP contribution in [0.2, 0.25) is 0 Å². The van der Waals surface area contributed by atoms with Gasteiger partial charge in [0, 0.05) is 0 Å². The third kappa shape index (κ3) is 2.76. The maximum Gasteiger partial charge on any atom is 1.00 e. The zero-order valence-corrected chi connectivity index (χ0v) is 10.6. The predicted molar refractivity (Wildman–Crippen MR) is 62.8 cm³/mol. The fourth-order valence-electron chi connectivity index (χ4n) is 1.50. The molecule has 0 atom stereocenters. The van der Waals surface area contributed by atoms with E-state index in [0.29, 0.717) is 0 Å². The maximum absolute atomic E-state index is 2.34. The van der Waals surface area contributed by atoms with Gasteiger partial charge in [-0.15, -0.1) is 0 Å². The van der Waals surface area contributed by atoms with Crippen molar-refractivity contribution in [1.82, 2.24) is 0 Å². The van der Waals surface area contributed by atoms with Crippen LogP contribution >= 0.6 is 23.5 Å². The molecule has 1 aromatic carbocycles. The van der Waals surface area contributed by atoms with Crippen LogP contribution < -0.4 is 18.9 Å². The van der Waals surface area contributed by atoms with Crippen LogP contribution in [0.15, 0.2) is 12.1 Å². The van der Waals surface area contributed by atoms with Crippen LogP contribution in [-0.2, 0) is 11.5 Å². The van der Waals surface area contributed by atoms with Crippen molar-refractivity contribution in [3.63, 3.8) is 0 Å². The molecule has 0 amide bonds. The van der Waals surface area contributed by atoms with Crippen LogP contribution in [0.3, 0.4) is 0 Å². The summed E-state index contributed by atoms with van der Waals surface area (Å²) in [4.78, 5) is 0. The Balaban J connectivity index is 0.000000980. The quantitative estimate of drug-likeness (QED) is 0.467.